The summed E-state index contributed by atoms with van der Waals surface area (Å²) in [5.41, 5.74) is 0. The van der Waals surface area contributed by atoms with Crippen LogP contribution in [0.3, 0.4) is 0 Å². The summed E-state index contributed by atoms with van der Waals surface area (Å²) in [6, 6.07) is 4.02. The molecule has 1 heterocycles. The van der Waals surface area contributed by atoms with Gasteiger partial charge in [-0.05, 0) is 12.1 Å². The summed E-state index contributed by atoms with van der Waals surface area (Å²) in [5, 5.41) is 0. The van der Waals surface area contributed by atoms with Crippen molar-refractivity contribution in [2.75, 3.05) is 0 Å². The molecule has 0 amide bonds. The van der Waals surface area contributed by atoms with Crippen LogP contribution in [-0.2, 0) is 0 Å². The Morgan fingerprint density at radius 1 is 1.27 bits per heavy atom. The molecule has 1 aromatic carbocycles. The van der Waals surface area contributed by atoms with Crippen molar-refractivity contribution >= 4 is 0 Å². The number of rotatable bonds is 0. The lowest BCUT2D eigenvalue weighted by molar-refractivity contribution is -0.286. The molecule has 1 aromatic rings. The van der Waals surface area contributed by atoms with Crippen molar-refractivity contribution in [3.8, 4) is 11.5 Å². The Labute approximate surface area is 62.8 Å². The summed E-state index contributed by atoms with van der Waals surface area (Å²) in [7, 11) is 0. The summed E-state index contributed by atoms with van der Waals surface area (Å²) in [4.78, 5) is 0. The highest BCUT2D eigenvalue weighted by Gasteiger charge is 2.42. The lowest BCUT2D eigenvalue weighted by Crippen LogP contribution is -2.25. The highest BCUT2D eigenvalue weighted by atomic mass is 19.3. The summed E-state index contributed by atoms with van der Waals surface area (Å²) in [6.07, 6.45) is -3.63. The fourth-order valence-electron chi connectivity index (χ4n) is 0.834. The molecule has 1 aliphatic rings. The predicted octanol–water partition coefficient (Wildman–Crippen LogP) is 2.01. The third kappa shape index (κ3) is 1.00. The van der Waals surface area contributed by atoms with Gasteiger partial charge in [-0.25, -0.2) is 0 Å². The molecule has 0 bridgehead atoms. The molecular formula is C7H4F2O2. The second-order valence-electron chi connectivity index (χ2n) is 2.03. The van der Waals surface area contributed by atoms with Crippen LogP contribution in [0.2, 0.25) is 0 Å². The molecule has 0 radical (unpaired) electrons. The van der Waals surface area contributed by atoms with Gasteiger partial charge in [0, 0.05) is 0 Å². The molecule has 4 heteroatoms. The molecule has 0 N–H and O–H groups in total. The van der Waals surface area contributed by atoms with Crippen molar-refractivity contribution in [2.45, 2.75) is 6.29 Å². The minimum Gasteiger partial charge on any atom is -0.395 e. The Balaban J connectivity index is 2.48. The fourth-order valence-corrected chi connectivity index (χ4v) is 0.834. The van der Waals surface area contributed by atoms with E-state index in [4.69, 9.17) is 1.37 Å². The van der Waals surface area contributed by atoms with E-state index in [0.29, 0.717) is 0 Å². The van der Waals surface area contributed by atoms with Crippen LogP contribution in [0.1, 0.15) is 1.37 Å². The molecule has 0 spiro atoms. The van der Waals surface area contributed by atoms with Crippen molar-refractivity contribution in [2.24, 2.45) is 0 Å². The standard InChI is InChI=1S/C7H4F2O2/c8-7(9)10-5-3-1-2-4-6(5)11-7/h1-4H/i3D. The van der Waals surface area contributed by atoms with Crippen LogP contribution < -0.4 is 9.47 Å². The SMILES string of the molecule is [2H]c1cccc2c1OC(F)(F)O2. The van der Waals surface area contributed by atoms with Gasteiger partial charge in [-0.15, -0.1) is 8.78 Å². The molecule has 0 unspecified atom stereocenters. The zero-order chi connectivity index (χ0) is 8.77. The van der Waals surface area contributed by atoms with Crippen molar-refractivity contribution in [3.05, 3.63) is 24.2 Å². The minimum atomic E-state index is -3.63. The van der Waals surface area contributed by atoms with E-state index < -0.39 is 6.29 Å². The predicted molar refractivity (Wildman–Crippen MR) is 32.6 cm³/mol. The monoisotopic (exact) mass is 159 g/mol. The number of ether oxygens (including phenoxy) is 2. The zero-order valence-electron chi connectivity index (χ0n) is 6.30. The molecule has 11 heavy (non-hydrogen) atoms. The molecule has 0 saturated heterocycles. The molecule has 58 valence electrons. The molecular weight excluding hydrogens is 154 g/mol. The Morgan fingerprint density at radius 2 is 2.00 bits per heavy atom. The Kier molecular flexibility index (Phi) is 0.894. The van der Waals surface area contributed by atoms with E-state index in [1.165, 1.54) is 18.2 Å². The second-order valence-corrected chi connectivity index (χ2v) is 2.03. The van der Waals surface area contributed by atoms with Gasteiger partial charge in [0.1, 0.15) is 0 Å². The lowest BCUT2D eigenvalue weighted by atomic mass is 10.3. The summed E-state index contributed by atoms with van der Waals surface area (Å²) >= 11 is 0. The quantitative estimate of drug-likeness (QED) is 0.576. The van der Waals surface area contributed by atoms with Crippen LogP contribution in [0, 0.1) is 0 Å². The fraction of sp³-hybridized carbons (Fsp3) is 0.143. The number of benzene rings is 1. The third-order valence-corrected chi connectivity index (χ3v) is 1.23. The van der Waals surface area contributed by atoms with Crippen molar-refractivity contribution in [1.29, 1.82) is 0 Å². The highest BCUT2D eigenvalue weighted by molar-refractivity contribution is 5.41. The number of hydrogen-bond acceptors (Lipinski definition) is 2. The molecule has 1 aliphatic heterocycles. The highest BCUT2D eigenvalue weighted by Crippen LogP contribution is 2.39. The van der Waals surface area contributed by atoms with Crippen LogP contribution in [0.4, 0.5) is 8.78 Å². The number of fused-ring (bicyclic) bond motifs is 1. The zero-order valence-corrected chi connectivity index (χ0v) is 5.30. The van der Waals surface area contributed by atoms with Gasteiger partial charge < -0.3 is 9.47 Å². The minimum absolute atomic E-state index is 0.0903. The van der Waals surface area contributed by atoms with Gasteiger partial charge in [0.05, 0.1) is 1.37 Å². The van der Waals surface area contributed by atoms with Crippen molar-refractivity contribution in [1.82, 2.24) is 0 Å². The first kappa shape index (κ1) is 5.35. The molecule has 0 atom stereocenters. The Bertz CT molecular complexity index is 327. The van der Waals surface area contributed by atoms with E-state index in [1.807, 2.05) is 0 Å². The van der Waals surface area contributed by atoms with Gasteiger partial charge in [-0.3, -0.25) is 0 Å². The van der Waals surface area contributed by atoms with E-state index in [9.17, 15) is 8.78 Å². The number of alkyl halides is 2. The summed E-state index contributed by atoms with van der Waals surface area (Å²) < 4.78 is 40.1. The van der Waals surface area contributed by atoms with E-state index in [-0.39, 0.29) is 17.5 Å². The molecule has 0 fully saturated rings. The molecule has 0 aromatic heterocycles. The van der Waals surface area contributed by atoms with Gasteiger partial charge in [-0.2, -0.15) is 0 Å². The van der Waals surface area contributed by atoms with Gasteiger partial charge in [0.2, 0.25) is 0 Å². The van der Waals surface area contributed by atoms with Crippen LogP contribution in [-0.4, -0.2) is 6.29 Å². The van der Waals surface area contributed by atoms with Gasteiger partial charge in [0.15, 0.2) is 11.5 Å². The molecule has 0 saturated carbocycles. The maximum Gasteiger partial charge on any atom is 0.586 e. The van der Waals surface area contributed by atoms with E-state index in [0.717, 1.165) is 0 Å². The third-order valence-electron chi connectivity index (χ3n) is 1.23. The molecule has 2 nitrogen and oxygen atoms in total. The largest absolute Gasteiger partial charge is 0.586 e. The van der Waals surface area contributed by atoms with E-state index in [2.05, 4.69) is 9.47 Å². The van der Waals surface area contributed by atoms with Crippen LogP contribution in [0.5, 0.6) is 11.5 Å². The van der Waals surface area contributed by atoms with E-state index in [1.54, 1.807) is 0 Å². The Morgan fingerprint density at radius 3 is 2.73 bits per heavy atom. The average Bonchev–Trinajstić information content (AvgIpc) is 2.25. The maximum atomic E-state index is 12.4. The molecule has 0 aliphatic carbocycles. The first-order valence-electron chi connectivity index (χ1n) is 3.44. The number of hydrogen-bond donors (Lipinski definition) is 0. The summed E-state index contributed by atoms with van der Waals surface area (Å²) in [5.74, 6) is -0.296. The van der Waals surface area contributed by atoms with E-state index >= 15 is 0 Å². The van der Waals surface area contributed by atoms with Crippen LogP contribution in [0.25, 0.3) is 0 Å². The maximum absolute atomic E-state index is 12.4. The van der Waals surface area contributed by atoms with Gasteiger partial charge >= 0.3 is 6.29 Å². The first-order chi connectivity index (χ1) is 5.58. The van der Waals surface area contributed by atoms with Crippen molar-refractivity contribution in [3.63, 3.8) is 0 Å². The molecule has 2 rings (SSSR count). The topological polar surface area (TPSA) is 18.5 Å². The van der Waals surface area contributed by atoms with Gasteiger partial charge in [-0.1, -0.05) is 12.1 Å². The number of halogens is 2. The van der Waals surface area contributed by atoms with Crippen LogP contribution >= 0.6 is 0 Å². The van der Waals surface area contributed by atoms with Crippen LogP contribution in [0.15, 0.2) is 24.2 Å². The summed E-state index contributed by atoms with van der Waals surface area (Å²) in [6.45, 7) is 0. The normalized spacial score (nSPS) is 19.6. The first-order valence-corrected chi connectivity index (χ1v) is 2.94. The average molecular weight is 159 g/mol. The lowest BCUT2D eigenvalue weighted by Gasteiger charge is -2.04. The Hall–Kier alpha value is -1.32. The smallest absolute Gasteiger partial charge is 0.395 e. The van der Waals surface area contributed by atoms with Crippen molar-refractivity contribution < 1.29 is 19.6 Å². The second kappa shape index (κ2) is 1.84. The van der Waals surface area contributed by atoms with Gasteiger partial charge in [0.25, 0.3) is 0 Å². The number of para-hydroxylation sites is 2.